The van der Waals surface area contributed by atoms with Gasteiger partial charge in [-0.3, -0.25) is 9.78 Å². The molecule has 0 saturated carbocycles. The number of aryl methyl sites for hydroxylation is 2. The molecule has 5 nitrogen and oxygen atoms in total. The molecule has 1 heterocycles. The summed E-state index contributed by atoms with van der Waals surface area (Å²) in [6, 6.07) is 18.7. The van der Waals surface area contributed by atoms with Crippen LogP contribution in [0, 0.1) is 13.8 Å². The van der Waals surface area contributed by atoms with E-state index in [1.165, 1.54) is 6.20 Å². The van der Waals surface area contributed by atoms with Crippen LogP contribution in [0.25, 0.3) is 10.9 Å². The summed E-state index contributed by atoms with van der Waals surface area (Å²) in [5.41, 5.74) is 2.86. The first kappa shape index (κ1) is 21.7. The van der Waals surface area contributed by atoms with Gasteiger partial charge in [0.2, 0.25) is 9.84 Å². The molecule has 4 aromatic rings. The summed E-state index contributed by atoms with van der Waals surface area (Å²) in [6.07, 6.45) is 1.35. The van der Waals surface area contributed by atoms with Gasteiger partial charge in [-0.15, -0.1) is 0 Å². The van der Waals surface area contributed by atoms with Gasteiger partial charge in [-0.1, -0.05) is 47.5 Å². The number of benzene rings is 3. The number of nitrogens with zero attached hydrogens (tertiary/aromatic N) is 1. The number of fused-ring (bicyclic) bond motifs is 1. The second-order valence-electron chi connectivity index (χ2n) is 7.62. The Morgan fingerprint density at radius 3 is 2.16 bits per heavy atom. The van der Waals surface area contributed by atoms with E-state index in [0.717, 1.165) is 11.1 Å². The van der Waals surface area contributed by atoms with Crippen LogP contribution in [0.5, 0.6) is 5.75 Å². The number of hydrogen-bond acceptors (Lipinski definition) is 5. The lowest BCUT2D eigenvalue weighted by atomic mass is 10.0. The maximum absolute atomic E-state index is 13.8. The number of sulfone groups is 1. The van der Waals surface area contributed by atoms with Crippen LogP contribution in [0.15, 0.2) is 82.7 Å². The zero-order valence-corrected chi connectivity index (χ0v) is 18.9. The largest absolute Gasteiger partial charge is 0.494 e. The first-order valence-corrected chi connectivity index (χ1v) is 11.8. The van der Waals surface area contributed by atoms with Crippen molar-refractivity contribution in [3.8, 4) is 5.75 Å². The van der Waals surface area contributed by atoms with Crippen LogP contribution < -0.4 is 4.74 Å². The monoisotopic (exact) mass is 445 g/mol. The van der Waals surface area contributed by atoms with Gasteiger partial charge in [0, 0.05) is 17.1 Å². The molecule has 6 heteroatoms. The van der Waals surface area contributed by atoms with Crippen LogP contribution in [0.3, 0.4) is 0 Å². The van der Waals surface area contributed by atoms with Gasteiger partial charge in [0.05, 0.1) is 27.5 Å². The highest BCUT2D eigenvalue weighted by Crippen LogP contribution is 2.34. The lowest BCUT2D eigenvalue weighted by Gasteiger charge is -2.14. The van der Waals surface area contributed by atoms with Gasteiger partial charge in [0.15, 0.2) is 5.78 Å². The maximum atomic E-state index is 13.8. The van der Waals surface area contributed by atoms with Gasteiger partial charge >= 0.3 is 0 Å². The van der Waals surface area contributed by atoms with Crippen LogP contribution in [0.4, 0.5) is 0 Å². The SMILES string of the molecule is CCOc1ccc2ncc(C(=O)c3ccc(C)cc3)c(S(=O)(=O)c3ccc(C)cc3)c2c1. The van der Waals surface area contributed by atoms with Crippen LogP contribution >= 0.6 is 0 Å². The zero-order valence-electron chi connectivity index (χ0n) is 18.1. The first-order valence-electron chi connectivity index (χ1n) is 10.3. The van der Waals surface area contributed by atoms with E-state index >= 15 is 0 Å². The number of ketones is 1. The van der Waals surface area contributed by atoms with E-state index in [4.69, 9.17) is 4.74 Å². The van der Waals surface area contributed by atoms with Crippen molar-refractivity contribution in [3.05, 3.63) is 95.2 Å². The molecule has 0 amide bonds. The molecule has 4 rings (SSSR count). The van der Waals surface area contributed by atoms with Gasteiger partial charge in [-0.2, -0.15) is 0 Å². The average Bonchev–Trinajstić information content (AvgIpc) is 2.78. The highest BCUT2D eigenvalue weighted by molar-refractivity contribution is 7.91. The highest BCUT2D eigenvalue weighted by atomic mass is 32.2. The Balaban J connectivity index is 2.02. The van der Waals surface area contributed by atoms with Crippen LogP contribution in [0.1, 0.15) is 34.0 Å². The fourth-order valence-electron chi connectivity index (χ4n) is 3.55. The predicted molar refractivity (Wildman–Crippen MR) is 124 cm³/mol. The number of carbonyl (C=O) groups is 1. The molecule has 32 heavy (non-hydrogen) atoms. The van der Waals surface area contributed by atoms with E-state index in [1.54, 1.807) is 54.6 Å². The average molecular weight is 446 g/mol. The van der Waals surface area contributed by atoms with E-state index in [0.29, 0.717) is 28.8 Å². The second kappa shape index (κ2) is 8.55. The van der Waals surface area contributed by atoms with Crippen LogP contribution in [-0.2, 0) is 9.84 Å². The van der Waals surface area contributed by atoms with Crippen molar-refractivity contribution in [2.45, 2.75) is 30.6 Å². The molecule has 0 aliphatic carbocycles. The number of rotatable bonds is 6. The molecule has 0 spiro atoms. The van der Waals surface area contributed by atoms with Gasteiger partial charge < -0.3 is 4.74 Å². The molecule has 0 aliphatic heterocycles. The van der Waals surface area contributed by atoms with E-state index in [-0.39, 0.29) is 15.4 Å². The minimum Gasteiger partial charge on any atom is -0.494 e. The van der Waals surface area contributed by atoms with Gasteiger partial charge in [0.1, 0.15) is 5.75 Å². The Morgan fingerprint density at radius 1 is 0.906 bits per heavy atom. The number of aromatic nitrogens is 1. The van der Waals surface area contributed by atoms with Gasteiger partial charge in [-0.05, 0) is 51.1 Å². The third-order valence-electron chi connectivity index (χ3n) is 5.26. The molecule has 0 unspecified atom stereocenters. The molecular formula is C26H23NO4S. The standard InChI is InChI=1S/C26H23NO4S/c1-4-31-20-11-14-24-22(15-20)26(32(29,30)21-12-7-18(3)8-13-21)23(16-27-24)25(28)19-9-5-17(2)6-10-19/h5-16H,4H2,1-3H3. The van der Waals surface area contributed by atoms with Crippen molar-refractivity contribution in [1.29, 1.82) is 0 Å². The van der Waals surface area contributed by atoms with Crippen molar-refractivity contribution in [3.63, 3.8) is 0 Å². The smallest absolute Gasteiger partial charge is 0.208 e. The van der Waals surface area contributed by atoms with Crippen molar-refractivity contribution in [2.24, 2.45) is 0 Å². The van der Waals surface area contributed by atoms with Crippen LogP contribution in [0.2, 0.25) is 0 Å². The van der Waals surface area contributed by atoms with E-state index in [2.05, 4.69) is 4.98 Å². The predicted octanol–water partition coefficient (Wildman–Crippen LogP) is 5.31. The quantitative estimate of drug-likeness (QED) is 0.376. The summed E-state index contributed by atoms with van der Waals surface area (Å²) in [5.74, 6) is 0.119. The Labute approximate surface area is 187 Å². The summed E-state index contributed by atoms with van der Waals surface area (Å²) >= 11 is 0. The summed E-state index contributed by atoms with van der Waals surface area (Å²) in [6.45, 7) is 6.10. The number of carbonyl (C=O) groups excluding carboxylic acids is 1. The minimum atomic E-state index is -4.02. The third-order valence-corrected chi connectivity index (χ3v) is 7.13. The van der Waals surface area contributed by atoms with Crippen molar-refractivity contribution >= 4 is 26.5 Å². The molecule has 0 saturated heterocycles. The molecule has 0 N–H and O–H groups in total. The lowest BCUT2D eigenvalue weighted by molar-refractivity contribution is 0.103. The van der Waals surface area contributed by atoms with Gasteiger partial charge in [0.25, 0.3) is 0 Å². The Morgan fingerprint density at radius 2 is 1.53 bits per heavy atom. The summed E-state index contributed by atoms with van der Waals surface area (Å²) in [4.78, 5) is 17.9. The summed E-state index contributed by atoms with van der Waals surface area (Å²) < 4.78 is 33.2. The Hall–Kier alpha value is -3.51. The number of hydrogen-bond donors (Lipinski definition) is 0. The van der Waals surface area contributed by atoms with Crippen molar-refractivity contribution in [1.82, 2.24) is 4.98 Å². The Kier molecular flexibility index (Phi) is 5.80. The fourth-order valence-corrected chi connectivity index (χ4v) is 5.17. The molecule has 0 fully saturated rings. The Bertz CT molecular complexity index is 1410. The number of ether oxygens (including phenoxy) is 1. The van der Waals surface area contributed by atoms with E-state index < -0.39 is 15.6 Å². The molecular weight excluding hydrogens is 422 g/mol. The second-order valence-corrected chi connectivity index (χ2v) is 9.51. The van der Waals surface area contributed by atoms with Crippen molar-refractivity contribution in [2.75, 3.05) is 6.61 Å². The topological polar surface area (TPSA) is 73.3 Å². The van der Waals surface area contributed by atoms with Crippen LogP contribution in [-0.4, -0.2) is 25.8 Å². The molecule has 162 valence electrons. The molecule has 1 aromatic heterocycles. The molecule has 0 aliphatic rings. The minimum absolute atomic E-state index is 0.0376. The molecule has 0 bridgehead atoms. The lowest BCUT2D eigenvalue weighted by Crippen LogP contribution is -2.13. The summed E-state index contributed by atoms with van der Waals surface area (Å²) in [7, 11) is -4.02. The number of pyridine rings is 1. The normalized spacial score (nSPS) is 11.5. The maximum Gasteiger partial charge on any atom is 0.208 e. The summed E-state index contributed by atoms with van der Waals surface area (Å²) in [5, 5.41) is 0.356. The van der Waals surface area contributed by atoms with Crippen molar-refractivity contribution < 1.29 is 17.9 Å². The van der Waals surface area contributed by atoms with E-state index in [1.807, 2.05) is 32.9 Å². The molecule has 3 aromatic carbocycles. The van der Waals surface area contributed by atoms with Gasteiger partial charge in [-0.25, -0.2) is 8.42 Å². The molecule has 0 atom stereocenters. The molecule has 0 radical (unpaired) electrons. The third kappa shape index (κ3) is 4.01. The highest BCUT2D eigenvalue weighted by Gasteiger charge is 2.28. The zero-order chi connectivity index (χ0) is 22.9. The first-order chi connectivity index (χ1) is 15.3. The van der Waals surface area contributed by atoms with E-state index in [9.17, 15) is 13.2 Å². The fraction of sp³-hybridized carbons (Fsp3) is 0.154.